The number of Topliss-reactive ketones (excluding diaryl/α,β-unsaturated/α-hetero) is 1. The molecular formula is C25H30N2O4. The number of aryl methyl sites for hydroxylation is 2. The van der Waals surface area contributed by atoms with Crippen molar-refractivity contribution in [1.29, 1.82) is 0 Å². The van der Waals surface area contributed by atoms with Crippen LogP contribution in [0.25, 0.3) is 0 Å². The van der Waals surface area contributed by atoms with Gasteiger partial charge < -0.3 is 15.2 Å². The highest BCUT2D eigenvalue weighted by Gasteiger charge is 2.23. The molecule has 0 radical (unpaired) electrons. The van der Waals surface area contributed by atoms with Gasteiger partial charge in [-0.25, -0.2) is 4.98 Å². The summed E-state index contributed by atoms with van der Waals surface area (Å²) in [6.07, 6.45) is 6.76. The molecule has 0 bridgehead atoms. The summed E-state index contributed by atoms with van der Waals surface area (Å²) in [6.45, 7) is 1.63. The van der Waals surface area contributed by atoms with Crippen molar-refractivity contribution in [2.75, 3.05) is 18.5 Å². The first-order valence-electron chi connectivity index (χ1n) is 11.3. The lowest BCUT2D eigenvalue weighted by atomic mass is 9.91. The van der Waals surface area contributed by atoms with Gasteiger partial charge in [-0.1, -0.05) is 18.2 Å². The average molecular weight is 423 g/mol. The average Bonchev–Trinajstić information content (AvgIpc) is 3.24. The van der Waals surface area contributed by atoms with E-state index in [0.29, 0.717) is 25.0 Å². The van der Waals surface area contributed by atoms with Crippen LogP contribution in [0.2, 0.25) is 0 Å². The Bertz CT molecular complexity index is 957. The Morgan fingerprint density at radius 3 is 2.84 bits per heavy atom. The van der Waals surface area contributed by atoms with E-state index in [1.807, 2.05) is 18.2 Å². The van der Waals surface area contributed by atoms with Crippen LogP contribution in [-0.2, 0) is 28.9 Å². The van der Waals surface area contributed by atoms with Gasteiger partial charge in [-0.05, 0) is 67.3 Å². The molecule has 4 rings (SSSR count). The number of aromatic nitrogens is 1. The van der Waals surface area contributed by atoms with Gasteiger partial charge in [0.2, 0.25) is 0 Å². The van der Waals surface area contributed by atoms with E-state index in [1.165, 1.54) is 5.56 Å². The Labute approximate surface area is 183 Å². The number of unbranched alkanes of at least 4 members (excludes halogenated alkanes) is 1. The third-order valence-electron chi connectivity index (χ3n) is 6.22. The maximum absolute atomic E-state index is 12.3. The fraction of sp³-hybridized carbons (Fsp3) is 0.480. The predicted molar refractivity (Wildman–Crippen MR) is 119 cm³/mol. The second-order valence-corrected chi connectivity index (χ2v) is 8.48. The van der Waals surface area contributed by atoms with Crippen LogP contribution in [0.3, 0.4) is 0 Å². The van der Waals surface area contributed by atoms with Gasteiger partial charge >= 0.3 is 5.97 Å². The van der Waals surface area contributed by atoms with E-state index in [0.717, 1.165) is 67.9 Å². The first-order valence-corrected chi connectivity index (χ1v) is 11.3. The molecule has 1 aromatic heterocycles. The smallest absolute Gasteiger partial charge is 0.310 e. The standard InChI is InChI=1S/C25H30N2O4/c28-21(6-2-1-5-20-10-9-18-4-3-14-26-24(18)27-20)11-12-22(25(29)30)19-8-7-17-13-15-31-23(17)16-19/h7-10,16,22H,1-6,11-15H2,(H,26,27)(H,29,30)/t22-/m0/s1. The molecule has 1 aromatic carbocycles. The molecule has 2 aliphatic heterocycles. The highest BCUT2D eigenvalue weighted by atomic mass is 16.5. The van der Waals surface area contributed by atoms with Crippen LogP contribution >= 0.6 is 0 Å². The number of fused-ring (bicyclic) bond motifs is 2. The van der Waals surface area contributed by atoms with E-state index < -0.39 is 11.9 Å². The van der Waals surface area contributed by atoms with Crippen LogP contribution in [0, 0.1) is 0 Å². The van der Waals surface area contributed by atoms with Crippen LogP contribution in [0.4, 0.5) is 5.82 Å². The molecule has 1 atom stereocenters. The number of carboxylic acids is 1. The number of hydrogen-bond acceptors (Lipinski definition) is 5. The highest BCUT2D eigenvalue weighted by molar-refractivity contribution is 5.81. The van der Waals surface area contributed by atoms with Crippen molar-refractivity contribution in [2.24, 2.45) is 0 Å². The van der Waals surface area contributed by atoms with E-state index in [1.54, 1.807) is 0 Å². The minimum absolute atomic E-state index is 0.128. The zero-order valence-corrected chi connectivity index (χ0v) is 17.9. The molecular weight excluding hydrogens is 392 g/mol. The summed E-state index contributed by atoms with van der Waals surface area (Å²) < 4.78 is 5.56. The van der Waals surface area contributed by atoms with Crippen molar-refractivity contribution in [3.63, 3.8) is 0 Å². The number of hydrogen-bond donors (Lipinski definition) is 2. The molecule has 2 aromatic rings. The van der Waals surface area contributed by atoms with Crippen molar-refractivity contribution in [2.45, 2.75) is 63.7 Å². The van der Waals surface area contributed by atoms with E-state index in [2.05, 4.69) is 17.4 Å². The highest BCUT2D eigenvalue weighted by Crippen LogP contribution is 2.31. The number of nitrogens with one attached hydrogen (secondary N) is 1. The molecule has 3 heterocycles. The van der Waals surface area contributed by atoms with Crippen LogP contribution in [0.5, 0.6) is 5.75 Å². The monoisotopic (exact) mass is 422 g/mol. The fourth-order valence-electron chi connectivity index (χ4n) is 4.40. The molecule has 0 aliphatic carbocycles. The lowest BCUT2D eigenvalue weighted by Gasteiger charge is -2.17. The molecule has 6 nitrogen and oxygen atoms in total. The van der Waals surface area contributed by atoms with Crippen LogP contribution in [0.1, 0.15) is 66.8 Å². The van der Waals surface area contributed by atoms with E-state index in [-0.39, 0.29) is 12.2 Å². The Hall–Kier alpha value is -2.89. The molecule has 0 amide bonds. The Morgan fingerprint density at radius 1 is 1.10 bits per heavy atom. The zero-order chi connectivity index (χ0) is 21.6. The summed E-state index contributed by atoms with van der Waals surface area (Å²) in [7, 11) is 0. The van der Waals surface area contributed by atoms with Gasteiger partial charge in [-0.3, -0.25) is 9.59 Å². The van der Waals surface area contributed by atoms with Gasteiger partial charge in [0.15, 0.2) is 0 Å². The predicted octanol–water partition coefficient (Wildman–Crippen LogP) is 4.31. The first-order chi connectivity index (χ1) is 15.1. The molecule has 2 aliphatic rings. The van der Waals surface area contributed by atoms with Crippen molar-refractivity contribution < 1.29 is 19.4 Å². The number of rotatable bonds is 10. The van der Waals surface area contributed by atoms with Crippen LogP contribution in [0.15, 0.2) is 30.3 Å². The number of ether oxygens (including phenoxy) is 1. The molecule has 0 fully saturated rings. The molecule has 31 heavy (non-hydrogen) atoms. The third-order valence-corrected chi connectivity index (χ3v) is 6.22. The van der Waals surface area contributed by atoms with Crippen molar-refractivity contribution in [3.8, 4) is 5.75 Å². The SMILES string of the molecule is O=C(CCCCc1ccc2c(n1)NCCC2)CC[C@H](C(=O)O)c1ccc2c(c1)OCC2. The Morgan fingerprint density at radius 2 is 1.97 bits per heavy atom. The molecule has 2 N–H and O–H groups in total. The first kappa shape index (κ1) is 21.3. The molecule has 0 saturated carbocycles. The second-order valence-electron chi connectivity index (χ2n) is 8.48. The molecule has 0 spiro atoms. The van der Waals surface area contributed by atoms with Gasteiger partial charge in [0.05, 0.1) is 12.5 Å². The minimum atomic E-state index is -0.891. The van der Waals surface area contributed by atoms with Crippen molar-refractivity contribution in [1.82, 2.24) is 4.98 Å². The number of anilines is 1. The van der Waals surface area contributed by atoms with Gasteiger partial charge in [0.1, 0.15) is 17.4 Å². The maximum atomic E-state index is 12.3. The van der Waals surface area contributed by atoms with E-state index in [9.17, 15) is 14.7 Å². The number of aliphatic carboxylic acids is 1. The number of pyridine rings is 1. The summed E-state index contributed by atoms with van der Waals surface area (Å²) in [5, 5.41) is 13.0. The normalized spacial score (nSPS) is 15.4. The fourth-order valence-corrected chi connectivity index (χ4v) is 4.40. The van der Waals surface area contributed by atoms with Crippen molar-refractivity contribution in [3.05, 3.63) is 52.7 Å². The largest absolute Gasteiger partial charge is 0.493 e. The molecule has 6 heteroatoms. The molecule has 164 valence electrons. The number of benzene rings is 1. The zero-order valence-electron chi connectivity index (χ0n) is 17.9. The van der Waals surface area contributed by atoms with Gasteiger partial charge in [-0.2, -0.15) is 0 Å². The van der Waals surface area contributed by atoms with Gasteiger partial charge in [0, 0.05) is 31.5 Å². The third kappa shape index (κ3) is 5.43. The lowest BCUT2D eigenvalue weighted by molar-refractivity contribution is -0.139. The summed E-state index contributed by atoms with van der Waals surface area (Å²) >= 11 is 0. The van der Waals surface area contributed by atoms with Crippen molar-refractivity contribution >= 4 is 17.6 Å². The van der Waals surface area contributed by atoms with Gasteiger partial charge in [0.25, 0.3) is 0 Å². The minimum Gasteiger partial charge on any atom is -0.493 e. The molecule has 0 unspecified atom stereocenters. The number of carbonyl (C=O) groups excluding carboxylic acids is 1. The van der Waals surface area contributed by atoms with Crippen LogP contribution < -0.4 is 10.1 Å². The topological polar surface area (TPSA) is 88.5 Å². The number of carbonyl (C=O) groups is 2. The van der Waals surface area contributed by atoms with E-state index >= 15 is 0 Å². The number of nitrogens with zero attached hydrogens (tertiary/aromatic N) is 1. The summed E-state index contributed by atoms with van der Waals surface area (Å²) in [4.78, 5) is 28.8. The second kappa shape index (κ2) is 9.94. The molecule has 0 saturated heterocycles. The Kier molecular flexibility index (Phi) is 6.85. The lowest BCUT2D eigenvalue weighted by Crippen LogP contribution is -2.14. The van der Waals surface area contributed by atoms with Crippen LogP contribution in [-0.4, -0.2) is 35.0 Å². The summed E-state index contributed by atoms with van der Waals surface area (Å²) in [5.41, 5.74) is 4.18. The number of carboxylic acid groups (broad SMARTS) is 1. The van der Waals surface area contributed by atoms with Gasteiger partial charge in [-0.15, -0.1) is 0 Å². The Balaban J connectivity index is 1.21. The number of ketones is 1. The quantitative estimate of drug-likeness (QED) is 0.555. The summed E-state index contributed by atoms with van der Waals surface area (Å²) in [6, 6.07) is 9.87. The van der Waals surface area contributed by atoms with E-state index in [4.69, 9.17) is 9.72 Å². The maximum Gasteiger partial charge on any atom is 0.310 e. The summed E-state index contributed by atoms with van der Waals surface area (Å²) in [5.74, 6) is 0.352.